The van der Waals surface area contributed by atoms with Crippen molar-refractivity contribution < 1.29 is 4.42 Å². The van der Waals surface area contributed by atoms with E-state index >= 15 is 0 Å². The summed E-state index contributed by atoms with van der Waals surface area (Å²) in [6.07, 6.45) is 0. The van der Waals surface area contributed by atoms with E-state index in [1.54, 1.807) is 0 Å². The van der Waals surface area contributed by atoms with Crippen LogP contribution in [0.15, 0.2) is 168 Å². The van der Waals surface area contributed by atoms with Crippen molar-refractivity contribution in [3.63, 3.8) is 0 Å². The molecule has 0 atom stereocenters. The second-order valence-electron chi connectivity index (χ2n) is 11.4. The number of benzene rings is 7. The molecule has 0 unspecified atom stereocenters. The Morgan fingerprint density at radius 2 is 0.978 bits per heavy atom. The maximum atomic E-state index is 6.52. The van der Waals surface area contributed by atoms with E-state index in [1.807, 2.05) is 23.5 Å². The molecule has 2 heterocycles. The second kappa shape index (κ2) is 10.5. The molecule has 0 radical (unpaired) electrons. The molecule has 2 nitrogen and oxygen atoms in total. The smallest absolute Gasteiger partial charge is 0.159 e. The molecule has 45 heavy (non-hydrogen) atoms. The molecule has 0 spiro atoms. The van der Waals surface area contributed by atoms with Crippen LogP contribution in [0.4, 0.5) is 17.1 Å². The van der Waals surface area contributed by atoms with Gasteiger partial charge < -0.3 is 9.32 Å². The van der Waals surface area contributed by atoms with Gasteiger partial charge in [0.1, 0.15) is 5.58 Å². The molecule has 0 fully saturated rings. The Balaban J connectivity index is 1.17. The van der Waals surface area contributed by atoms with Crippen LogP contribution in [0, 0.1) is 0 Å². The molecule has 0 N–H and O–H groups in total. The van der Waals surface area contributed by atoms with Crippen molar-refractivity contribution in [3.05, 3.63) is 164 Å². The summed E-state index contributed by atoms with van der Waals surface area (Å²) in [6.45, 7) is 0. The summed E-state index contributed by atoms with van der Waals surface area (Å²) in [4.78, 5) is 2.30. The van der Waals surface area contributed by atoms with Crippen molar-refractivity contribution >= 4 is 70.5 Å². The number of anilines is 3. The fraction of sp³-hybridized carbons (Fsp3) is 0. The van der Waals surface area contributed by atoms with Crippen LogP contribution in [0.1, 0.15) is 0 Å². The lowest BCUT2D eigenvalue weighted by Crippen LogP contribution is -2.10. The molecule has 0 aliphatic carbocycles. The number of hydrogen-bond donors (Lipinski definition) is 0. The predicted molar refractivity (Wildman–Crippen MR) is 192 cm³/mol. The van der Waals surface area contributed by atoms with Crippen molar-refractivity contribution in [1.29, 1.82) is 0 Å². The molecular weight excluding hydrogens is 567 g/mol. The molecule has 0 saturated carbocycles. The molecular formula is C42H27NOS. The van der Waals surface area contributed by atoms with E-state index in [0.29, 0.717) is 0 Å². The van der Waals surface area contributed by atoms with Gasteiger partial charge in [0.15, 0.2) is 5.58 Å². The van der Waals surface area contributed by atoms with Crippen molar-refractivity contribution in [3.8, 4) is 22.3 Å². The van der Waals surface area contributed by atoms with Crippen LogP contribution in [0.3, 0.4) is 0 Å². The Morgan fingerprint density at radius 3 is 1.76 bits per heavy atom. The first-order valence-electron chi connectivity index (χ1n) is 15.2. The van der Waals surface area contributed by atoms with Gasteiger partial charge in [-0.25, -0.2) is 0 Å². The standard InChI is InChI=1S/C42H27NOS/c1-2-9-28(10-3-1)29-17-22-32(23-18-29)43(38-14-8-13-36-34-11-4-6-15-39(34)44-42(36)38)33-24-19-30(20-25-33)31-21-26-41-37(27-31)35-12-5-7-16-40(35)45-41/h1-27H. The van der Waals surface area contributed by atoms with Gasteiger partial charge in [-0.2, -0.15) is 0 Å². The highest BCUT2D eigenvalue weighted by molar-refractivity contribution is 7.25. The van der Waals surface area contributed by atoms with Crippen LogP contribution < -0.4 is 4.90 Å². The van der Waals surface area contributed by atoms with E-state index in [1.165, 1.54) is 42.4 Å². The Morgan fingerprint density at radius 1 is 0.400 bits per heavy atom. The fourth-order valence-corrected chi connectivity index (χ4v) is 7.56. The molecule has 7 aromatic carbocycles. The molecule has 9 rings (SSSR count). The Kier molecular flexibility index (Phi) is 6.03. The van der Waals surface area contributed by atoms with E-state index in [9.17, 15) is 0 Å². The number of para-hydroxylation sites is 2. The topological polar surface area (TPSA) is 16.4 Å². The zero-order valence-corrected chi connectivity index (χ0v) is 25.2. The maximum Gasteiger partial charge on any atom is 0.159 e. The quantitative estimate of drug-likeness (QED) is 0.197. The van der Waals surface area contributed by atoms with E-state index in [-0.39, 0.29) is 0 Å². The molecule has 3 heteroatoms. The zero-order chi connectivity index (χ0) is 29.7. The SMILES string of the molecule is c1ccc(-c2ccc(N(c3ccc(-c4ccc5sc6ccccc6c5c4)cc3)c3cccc4c3oc3ccccc34)cc2)cc1. The lowest BCUT2D eigenvalue weighted by atomic mass is 10.0. The number of fused-ring (bicyclic) bond motifs is 6. The molecule has 0 bridgehead atoms. The molecule has 0 amide bonds. The van der Waals surface area contributed by atoms with E-state index in [4.69, 9.17) is 4.42 Å². The number of rotatable bonds is 5. The first-order chi connectivity index (χ1) is 22.3. The summed E-state index contributed by atoms with van der Waals surface area (Å²) >= 11 is 1.85. The largest absolute Gasteiger partial charge is 0.454 e. The van der Waals surface area contributed by atoms with Crippen molar-refractivity contribution in [1.82, 2.24) is 0 Å². The third-order valence-electron chi connectivity index (χ3n) is 8.69. The number of furan rings is 1. The fourth-order valence-electron chi connectivity index (χ4n) is 6.48. The lowest BCUT2D eigenvalue weighted by Gasteiger charge is -2.26. The van der Waals surface area contributed by atoms with Gasteiger partial charge in [-0.05, 0) is 76.9 Å². The lowest BCUT2D eigenvalue weighted by molar-refractivity contribution is 0.669. The first kappa shape index (κ1) is 25.8. The Labute approximate surface area is 265 Å². The molecule has 9 aromatic rings. The molecule has 0 saturated heterocycles. The van der Waals surface area contributed by atoms with Crippen LogP contribution in [0.2, 0.25) is 0 Å². The molecule has 0 aliphatic heterocycles. The number of hydrogen-bond acceptors (Lipinski definition) is 3. The minimum absolute atomic E-state index is 0.879. The number of nitrogens with zero attached hydrogens (tertiary/aromatic N) is 1. The third kappa shape index (κ3) is 4.40. The third-order valence-corrected chi connectivity index (χ3v) is 9.84. The van der Waals surface area contributed by atoms with Gasteiger partial charge in [-0.15, -0.1) is 11.3 Å². The van der Waals surface area contributed by atoms with Crippen LogP contribution >= 0.6 is 11.3 Å². The van der Waals surface area contributed by atoms with Crippen LogP contribution in [0.5, 0.6) is 0 Å². The van der Waals surface area contributed by atoms with E-state index in [0.717, 1.165) is 39.0 Å². The van der Waals surface area contributed by atoms with Crippen molar-refractivity contribution in [2.75, 3.05) is 4.90 Å². The normalized spacial score (nSPS) is 11.6. The predicted octanol–water partition coefficient (Wildman–Crippen LogP) is 12.8. The summed E-state index contributed by atoms with van der Waals surface area (Å²) in [7, 11) is 0. The van der Waals surface area contributed by atoms with Gasteiger partial charge in [0.05, 0.1) is 5.69 Å². The highest BCUT2D eigenvalue weighted by Gasteiger charge is 2.19. The van der Waals surface area contributed by atoms with Gasteiger partial charge in [0.25, 0.3) is 0 Å². The highest BCUT2D eigenvalue weighted by Crippen LogP contribution is 2.43. The highest BCUT2D eigenvalue weighted by atomic mass is 32.1. The second-order valence-corrected chi connectivity index (χ2v) is 12.4. The molecule has 0 aliphatic rings. The molecule has 2 aromatic heterocycles. The van der Waals surface area contributed by atoms with Crippen LogP contribution in [-0.2, 0) is 0 Å². The minimum atomic E-state index is 0.879. The van der Waals surface area contributed by atoms with Crippen LogP contribution in [-0.4, -0.2) is 0 Å². The average molecular weight is 594 g/mol. The molecule has 212 valence electrons. The van der Waals surface area contributed by atoms with Gasteiger partial charge in [0, 0.05) is 42.3 Å². The first-order valence-corrected chi connectivity index (χ1v) is 16.0. The van der Waals surface area contributed by atoms with Gasteiger partial charge >= 0.3 is 0 Å². The summed E-state index contributed by atoms with van der Waals surface area (Å²) < 4.78 is 9.17. The van der Waals surface area contributed by atoms with Crippen LogP contribution in [0.25, 0.3) is 64.4 Å². The summed E-state index contributed by atoms with van der Waals surface area (Å²) in [5, 5.41) is 4.87. The van der Waals surface area contributed by atoms with E-state index in [2.05, 4.69) is 157 Å². The maximum absolute atomic E-state index is 6.52. The summed E-state index contributed by atoms with van der Waals surface area (Å²) in [5.74, 6) is 0. The average Bonchev–Trinajstić information content (AvgIpc) is 3.68. The minimum Gasteiger partial charge on any atom is -0.454 e. The summed E-state index contributed by atoms with van der Waals surface area (Å²) in [6, 6.07) is 58.4. The monoisotopic (exact) mass is 593 g/mol. The van der Waals surface area contributed by atoms with Gasteiger partial charge in [0.2, 0.25) is 0 Å². The zero-order valence-electron chi connectivity index (χ0n) is 24.4. The van der Waals surface area contributed by atoms with Crippen molar-refractivity contribution in [2.45, 2.75) is 0 Å². The van der Waals surface area contributed by atoms with Crippen molar-refractivity contribution in [2.24, 2.45) is 0 Å². The van der Waals surface area contributed by atoms with Gasteiger partial charge in [-0.1, -0.05) is 109 Å². The Hall–Kier alpha value is -5.64. The Bertz CT molecular complexity index is 2470. The number of thiophene rings is 1. The van der Waals surface area contributed by atoms with E-state index < -0.39 is 0 Å². The van der Waals surface area contributed by atoms with Gasteiger partial charge in [-0.3, -0.25) is 0 Å². The summed E-state index contributed by atoms with van der Waals surface area (Å²) in [5.41, 5.74) is 9.73.